The van der Waals surface area contributed by atoms with Gasteiger partial charge in [0.25, 0.3) is 0 Å². The molecule has 2 heterocycles. The number of nitrogens with zero attached hydrogens (tertiary/aromatic N) is 3. The Bertz CT molecular complexity index is 3350. The van der Waals surface area contributed by atoms with Crippen molar-refractivity contribution < 1.29 is 26.2 Å². The van der Waals surface area contributed by atoms with Crippen molar-refractivity contribution in [2.24, 2.45) is 0 Å². The molecule has 0 radical (unpaired) electrons. The van der Waals surface area contributed by atoms with E-state index in [9.17, 15) is 5.11 Å². The van der Waals surface area contributed by atoms with Crippen molar-refractivity contribution >= 4 is 11.0 Å². The van der Waals surface area contributed by atoms with Gasteiger partial charge in [-0.3, -0.25) is 9.55 Å². The van der Waals surface area contributed by atoms with Crippen molar-refractivity contribution in [3.63, 3.8) is 0 Å². The molecule has 0 saturated heterocycles. The zero-order valence-electron chi connectivity index (χ0n) is 41.6. The Kier molecular flexibility index (Phi) is 12.4. The minimum atomic E-state index is -0.216. The molecular formula is C64H62N3OPt-. The first-order valence-corrected chi connectivity index (χ1v) is 24.2. The summed E-state index contributed by atoms with van der Waals surface area (Å²) in [5.41, 5.74) is 18.2. The molecule has 4 nitrogen and oxygen atoms in total. The number of fused-ring (bicyclic) bond motifs is 2. The molecule has 1 aliphatic carbocycles. The van der Waals surface area contributed by atoms with Crippen LogP contribution in [0.4, 0.5) is 0 Å². The minimum absolute atomic E-state index is 0. The molecule has 7 aromatic carbocycles. The van der Waals surface area contributed by atoms with Crippen LogP contribution in [-0.4, -0.2) is 19.6 Å². The molecule has 2 aromatic heterocycles. The van der Waals surface area contributed by atoms with Crippen LogP contribution in [0.15, 0.2) is 164 Å². The summed E-state index contributed by atoms with van der Waals surface area (Å²) in [4.78, 5) is 10.6. The van der Waals surface area contributed by atoms with E-state index in [-0.39, 0.29) is 42.7 Å². The number of hydrogen-bond acceptors (Lipinski definition) is 3. The van der Waals surface area contributed by atoms with E-state index >= 15 is 0 Å². The number of hydrogen-bond donors (Lipinski definition) is 1. The smallest absolute Gasteiger partial charge is 0.148 e. The van der Waals surface area contributed by atoms with E-state index in [0.29, 0.717) is 11.6 Å². The fourth-order valence-electron chi connectivity index (χ4n) is 10.2. The second kappa shape index (κ2) is 17.9. The fraction of sp³-hybridized carbons (Fsp3) is 0.250. The van der Waals surface area contributed by atoms with Crippen molar-refractivity contribution in [3.05, 3.63) is 192 Å². The summed E-state index contributed by atoms with van der Waals surface area (Å²) in [5, 5.41) is 12.8. The number of aromatic nitrogens is 3. The predicted octanol–water partition coefficient (Wildman–Crippen LogP) is 16.9. The Morgan fingerprint density at radius 2 is 1.14 bits per heavy atom. The summed E-state index contributed by atoms with van der Waals surface area (Å²) < 4.78 is 2.29. The van der Waals surface area contributed by atoms with Gasteiger partial charge in [-0.1, -0.05) is 196 Å². The van der Waals surface area contributed by atoms with E-state index in [0.717, 1.165) is 85.3 Å². The van der Waals surface area contributed by atoms with Gasteiger partial charge in [0.05, 0.1) is 22.3 Å². The topological polar surface area (TPSA) is 50.9 Å². The van der Waals surface area contributed by atoms with Crippen LogP contribution >= 0.6 is 0 Å². The Morgan fingerprint density at radius 1 is 0.536 bits per heavy atom. The molecule has 0 spiro atoms. The van der Waals surface area contributed by atoms with E-state index in [2.05, 4.69) is 238 Å². The number of aromatic hydroxyl groups is 1. The predicted molar refractivity (Wildman–Crippen MR) is 285 cm³/mol. The van der Waals surface area contributed by atoms with Gasteiger partial charge in [0.1, 0.15) is 11.6 Å². The third-order valence-corrected chi connectivity index (χ3v) is 14.5. The number of para-hydroxylation sites is 1. The van der Waals surface area contributed by atoms with E-state index < -0.39 is 0 Å². The Labute approximate surface area is 423 Å². The zero-order valence-corrected chi connectivity index (χ0v) is 43.9. The molecule has 0 fully saturated rings. The fourth-order valence-corrected chi connectivity index (χ4v) is 10.2. The van der Waals surface area contributed by atoms with Gasteiger partial charge in [0, 0.05) is 44.1 Å². The van der Waals surface area contributed by atoms with Gasteiger partial charge in [-0.25, -0.2) is 4.98 Å². The second-order valence-electron chi connectivity index (χ2n) is 22.3. The Morgan fingerprint density at radius 3 is 1.81 bits per heavy atom. The van der Waals surface area contributed by atoms with Crippen molar-refractivity contribution in [1.82, 2.24) is 14.5 Å². The van der Waals surface area contributed by atoms with Crippen LogP contribution in [0, 0.1) is 6.07 Å². The van der Waals surface area contributed by atoms with Gasteiger partial charge in [-0.15, -0.1) is 29.3 Å². The molecule has 0 saturated carbocycles. The normalized spacial score (nSPS) is 14.3. The van der Waals surface area contributed by atoms with Crippen molar-refractivity contribution in [3.8, 4) is 78.6 Å². The Hall–Kier alpha value is -6.35. The number of pyridine rings is 1. The van der Waals surface area contributed by atoms with Crippen LogP contribution in [0.2, 0.25) is 0 Å². The average molecular weight is 1080 g/mol. The molecule has 5 heteroatoms. The van der Waals surface area contributed by atoms with Crippen LogP contribution in [0.1, 0.15) is 104 Å². The van der Waals surface area contributed by atoms with Crippen LogP contribution in [0.25, 0.3) is 83.9 Å². The largest absolute Gasteiger partial charge is 0.507 e. The van der Waals surface area contributed by atoms with Crippen molar-refractivity contribution in [1.29, 1.82) is 0 Å². The molecule has 0 atom stereocenters. The molecule has 1 aliphatic rings. The molecule has 0 amide bonds. The van der Waals surface area contributed by atoms with Gasteiger partial charge < -0.3 is 5.11 Å². The minimum Gasteiger partial charge on any atom is -0.507 e. The summed E-state index contributed by atoms with van der Waals surface area (Å²) in [7, 11) is 0. The summed E-state index contributed by atoms with van der Waals surface area (Å²) in [5.74, 6) is 1.02. The van der Waals surface area contributed by atoms with Crippen molar-refractivity contribution in [2.45, 2.75) is 104 Å². The molecule has 9 aromatic rings. The van der Waals surface area contributed by atoms with Gasteiger partial charge in [0.15, 0.2) is 0 Å². The summed E-state index contributed by atoms with van der Waals surface area (Å²) in [6.45, 7) is 22.7. The number of rotatable bonds is 7. The summed E-state index contributed by atoms with van der Waals surface area (Å²) in [6.07, 6.45) is 3.95. The molecule has 350 valence electrons. The number of phenols is 1. The Balaban J connectivity index is 0.00000593. The van der Waals surface area contributed by atoms with E-state index in [4.69, 9.17) is 9.97 Å². The van der Waals surface area contributed by atoms with Crippen LogP contribution < -0.4 is 0 Å². The maximum absolute atomic E-state index is 12.8. The summed E-state index contributed by atoms with van der Waals surface area (Å²) in [6, 6.07) is 60.3. The van der Waals surface area contributed by atoms with Gasteiger partial charge in [0.2, 0.25) is 0 Å². The molecule has 0 aliphatic heterocycles. The third-order valence-electron chi connectivity index (χ3n) is 14.5. The van der Waals surface area contributed by atoms with Gasteiger partial charge in [-0.05, 0) is 104 Å². The maximum atomic E-state index is 12.8. The quantitative estimate of drug-likeness (QED) is 0.162. The first-order valence-electron chi connectivity index (χ1n) is 24.2. The summed E-state index contributed by atoms with van der Waals surface area (Å²) >= 11 is 0. The average Bonchev–Trinajstić information content (AvgIpc) is 3.72. The standard InChI is InChI=1S/C64H62N3O.Pt/c1-61(2,3)48-28-31-55(52(40-48)44-20-15-12-16-21-44)67-56-23-17-22-50(58(56)66-60(67)51-29-30-53-57(59(51)68)64(9,10)34-33-63(53,7)8)46-36-47(38-49(37-46)62(4,5)6)54-39-45(32-35-65-54)43-26-24-42(25-27-43)41-18-13-11-14-19-41;/h11-32,35,37-40,68H,33-34H2,1-10H3;/q-1;. The third kappa shape index (κ3) is 8.94. The van der Waals surface area contributed by atoms with Crippen LogP contribution in [0.5, 0.6) is 5.75 Å². The molecule has 10 rings (SSSR count). The maximum Gasteiger partial charge on any atom is 0.148 e. The molecule has 69 heavy (non-hydrogen) atoms. The molecular weight excluding hydrogens is 1020 g/mol. The molecule has 1 N–H and O–H groups in total. The first kappa shape index (κ1) is 47.7. The van der Waals surface area contributed by atoms with E-state index in [1.165, 1.54) is 27.8 Å². The van der Waals surface area contributed by atoms with Crippen LogP contribution in [0.3, 0.4) is 0 Å². The number of benzene rings is 7. The molecule has 0 unspecified atom stereocenters. The zero-order chi connectivity index (χ0) is 47.8. The van der Waals surface area contributed by atoms with Crippen molar-refractivity contribution in [2.75, 3.05) is 0 Å². The number of phenolic OH excluding ortho intramolecular Hbond substituents is 1. The first-order chi connectivity index (χ1) is 32.4. The SMILES string of the molecule is CC(C)(C)c1cc(-c2cc(-c3ccc(-c4ccccc4)cc3)ccn2)[c-]c(-c2cccc3c2nc(-c2ccc4c(c2O)C(C)(C)CCC4(C)C)n3-c2ccc(C(C)(C)C)cc2-c2ccccc2)c1.[Pt]. The van der Waals surface area contributed by atoms with Crippen LogP contribution in [-0.2, 0) is 42.7 Å². The van der Waals surface area contributed by atoms with Gasteiger partial charge >= 0.3 is 0 Å². The molecule has 0 bridgehead atoms. The van der Waals surface area contributed by atoms with Gasteiger partial charge in [-0.2, -0.15) is 0 Å². The second-order valence-corrected chi connectivity index (χ2v) is 22.3. The number of imidazole rings is 1. The van der Waals surface area contributed by atoms with E-state index in [1.54, 1.807) is 0 Å². The van der Waals surface area contributed by atoms with E-state index in [1.807, 2.05) is 6.20 Å². The monoisotopic (exact) mass is 1080 g/mol.